The molecule has 0 atom stereocenters. The van der Waals surface area contributed by atoms with E-state index in [9.17, 15) is 4.79 Å². The maximum atomic E-state index is 12.3. The van der Waals surface area contributed by atoms with Crippen LogP contribution >= 0.6 is 0 Å². The molecule has 1 N–H and O–H groups in total. The Morgan fingerprint density at radius 2 is 1.76 bits per heavy atom. The fourth-order valence-corrected chi connectivity index (χ4v) is 3.00. The van der Waals surface area contributed by atoms with E-state index >= 15 is 0 Å². The molecule has 2 aromatic carbocycles. The van der Waals surface area contributed by atoms with Gasteiger partial charge in [-0.15, -0.1) is 5.10 Å². The first-order valence-electron chi connectivity index (χ1n) is 8.32. The van der Waals surface area contributed by atoms with Crippen LogP contribution in [0.5, 0.6) is 0 Å². The van der Waals surface area contributed by atoms with Gasteiger partial charge in [-0.25, -0.2) is 4.68 Å². The highest BCUT2D eigenvalue weighted by Gasteiger charge is 2.12. The summed E-state index contributed by atoms with van der Waals surface area (Å²) >= 11 is 0. The van der Waals surface area contributed by atoms with E-state index in [1.807, 2.05) is 30.3 Å². The normalized spacial score (nSPS) is 10.7. The second-order valence-electron chi connectivity index (χ2n) is 6.35. The Labute approximate surface area is 147 Å². The summed E-state index contributed by atoms with van der Waals surface area (Å²) < 4.78 is 1.67. The van der Waals surface area contributed by atoms with Crippen LogP contribution in [0.2, 0.25) is 0 Å². The van der Waals surface area contributed by atoms with E-state index in [-0.39, 0.29) is 5.91 Å². The molecule has 1 heterocycles. The molecule has 0 aliphatic carbocycles. The van der Waals surface area contributed by atoms with Crippen LogP contribution in [-0.2, 0) is 13.1 Å². The Morgan fingerprint density at radius 1 is 1.08 bits per heavy atom. The third-order valence-electron chi connectivity index (χ3n) is 4.22. The molecule has 0 bridgehead atoms. The van der Waals surface area contributed by atoms with Crippen molar-refractivity contribution >= 4 is 5.91 Å². The number of benzene rings is 2. The van der Waals surface area contributed by atoms with Gasteiger partial charge in [-0.05, 0) is 43.0 Å². The van der Waals surface area contributed by atoms with Gasteiger partial charge in [-0.3, -0.25) is 4.79 Å². The molecule has 1 aromatic heterocycles. The van der Waals surface area contributed by atoms with Gasteiger partial charge in [0, 0.05) is 6.54 Å². The van der Waals surface area contributed by atoms with Crippen molar-refractivity contribution in [3.8, 4) is 0 Å². The summed E-state index contributed by atoms with van der Waals surface area (Å²) in [5.41, 5.74) is 6.20. The first-order chi connectivity index (χ1) is 12.0. The number of aromatic nitrogens is 3. The quantitative estimate of drug-likeness (QED) is 0.779. The molecule has 0 aliphatic heterocycles. The summed E-state index contributed by atoms with van der Waals surface area (Å²) in [5, 5.41) is 11.0. The van der Waals surface area contributed by atoms with Crippen molar-refractivity contribution in [2.45, 2.75) is 33.9 Å². The molecular weight excluding hydrogens is 312 g/mol. The highest BCUT2D eigenvalue weighted by molar-refractivity contribution is 5.91. The Bertz CT molecular complexity index is 861. The van der Waals surface area contributed by atoms with E-state index in [4.69, 9.17) is 0 Å². The smallest absolute Gasteiger partial charge is 0.273 e. The van der Waals surface area contributed by atoms with Crippen molar-refractivity contribution < 1.29 is 4.79 Å². The van der Waals surface area contributed by atoms with Crippen molar-refractivity contribution in [2.24, 2.45) is 0 Å². The monoisotopic (exact) mass is 334 g/mol. The van der Waals surface area contributed by atoms with Crippen LogP contribution < -0.4 is 5.32 Å². The number of aryl methyl sites for hydroxylation is 3. The number of hydrogen-bond acceptors (Lipinski definition) is 3. The van der Waals surface area contributed by atoms with Gasteiger partial charge in [0.2, 0.25) is 0 Å². The fraction of sp³-hybridized carbons (Fsp3) is 0.250. The molecule has 0 radical (unpaired) electrons. The summed E-state index contributed by atoms with van der Waals surface area (Å²) in [7, 11) is 0. The lowest BCUT2D eigenvalue weighted by Gasteiger charge is -2.11. The van der Waals surface area contributed by atoms with Gasteiger partial charge in [0.1, 0.15) is 0 Å². The number of carbonyl (C=O) groups excluding carboxylic acids is 1. The first-order valence-corrected chi connectivity index (χ1v) is 8.32. The van der Waals surface area contributed by atoms with Crippen LogP contribution in [0.15, 0.2) is 48.7 Å². The van der Waals surface area contributed by atoms with Crippen LogP contribution in [0.25, 0.3) is 0 Å². The Kier molecular flexibility index (Phi) is 4.93. The molecule has 3 rings (SSSR count). The summed E-state index contributed by atoms with van der Waals surface area (Å²) in [6.45, 7) is 7.29. The molecule has 25 heavy (non-hydrogen) atoms. The van der Waals surface area contributed by atoms with E-state index in [0.717, 1.165) is 11.1 Å². The van der Waals surface area contributed by atoms with Crippen LogP contribution in [-0.4, -0.2) is 20.9 Å². The molecular formula is C20H22N4O. The number of nitrogens with zero attached hydrogens (tertiary/aromatic N) is 3. The van der Waals surface area contributed by atoms with Gasteiger partial charge in [0.05, 0.1) is 12.7 Å². The van der Waals surface area contributed by atoms with E-state index in [1.165, 1.54) is 16.7 Å². The van der Waals surface area contributed by atoms with Crippen molar-refractivity contribution in [1.29, 1.82) is 0 Å². The van der Waals surface area contributed by atoms with Gasteiger partial charge < -0.3 is 5.32 Å². The molecule has 0 saturated carbocycles. The second-order valence-corrected chi connectivity index (χ2v) is 6.35. The molecule has 5 heteroatoms. The lowest BCUT2D eigenvalue weighted by atomic mass is 10.00. The lowest BCUT2D eigenvalue weighted by molar-refractivity contribution is 0.0945. The zero-order valence-electron chi connectivity index (χ0n) is 14.8. The van der Waals surface area contributed by atoms with E-state index in [1.54, 1.807) is 10.9 Å². The number of hydrogen-bond donors (Lipinski definition) is 1. The van der Waals surface area contributed by atoms with E-state index in [0.29, 0.717) is 18.8 Å². The molecule has 0 fully saturated rings. The van der Waals surface area contributed by atoms with Gasteiger partial charge in [-0.1, -0.05) is 53.2 Å². The lowest BCUT2D eigenvalue weighted by Crippen LogP contribution is -2.24. The minimum Gasteiger partial charge on any atom is -0.346 e. The van der Waals surface area contributed by atoms with Crippen molar-refractivity contribution in [3.63, 3.8) is 0 Å². The van der Waals surface area contributed by atoms with E-state index < -0.39 is 0 Å². The van der Waals surface area contributed by atoms with Crippen molar-refractivity contribution in [3.05, 3.63) is 82.2 Å². The van der Waals surface area contributed by atoms with Crippen LogP contribution in [0.1, 0.15) is 38.3 Å². The van der Waals surface area contributed by atoms with Gasteiger partial charge >= 0.3 is 0 Å². The highest BCUT2D eigenvalue weighted by Crippen LogP contribution is 2.16. The highest BCUT2D eigenvalue weighted by atomic mass is 16.2. The summed E-state index contributed by atoms with van der Waals surface area (Å²) in [6, 6.07) is 14.2. The molecule has 0 saturated heterocycles. The molecule has 128 valence electrons. The largest absolute Gasteiger partial charge is 0.346 e. The topological polar surface area (TPSA) is 59.8 Å². The first kappa shape index (κ1) is 16.9. The Balaban J connectivity index is 1.64. The predicted molar refractivity (Wildman–Crippen MR) is 97.4 cm³/mol. The molecule has 1 amide bonds. The summed E-state index contributed by atoms with van der Waals surface area (Å²) in [6.07, 6.45) is 1.68. The number of carbonyl (C=O) groups is 1. The number of amides is 1. The van der Waals surface area contributed by atoms with E-state index in [2.05, 4.69) is 48.5 Å². The molecule has 3 aromatic rings. The molecule has 0 unspecified atom stereocenters. The Hall–Kier alpha value is -2.95. The minimum absolute atomic E-state index is 0.210. The summed E-state index contributed by atoms with van der Waals surface area (Å²) in [4.78, 5) is 12.3. The maximum absolute atomic E-state index is 12.3. The number of rotatable bonds is 5. The average molecular weight is 334 g/mol. The SMILES string of the molecule is Cc1cc(C)c(CNC(=O)c2cn(Cc3ccccc3)nn2)c(C)c1. The predicted octanol–water partition coefficient (Wildman–Crippen LogP) is 3.18. The fourth-order valence-electron chi connectivity index (χ4n) is 3.00. The third-order valence-corrected chi connectivity index (χ3v) is 4.22. The minimum atomic E-state index is -0.210. The zero-order chi connectivity index (χ0) is 17.8. The molecule has 0 spiro atoms. The van der Waals surface area contributed by atoms with Crippen LogP contribution in [0.3, 0.4) is 0 Å². The standard InChI is InChI=1S/C20H22N4O/c1-14-9-15(2)18(16(3)10-14)11-21-20(25)19-13-24(23-22-19)12-17-7-5-4-6-8-17/h4-10,13H,11-12H2,1-3H3,(H,21,25). The third kappa shape index (κ3) is 4.12. The van der Waals surface area contributed by atoms with Crippen molar-refractivity contribution in [2.75, 3.05) is 0 Å². The van der Waals surface area contributed by atoms with Crippen molar-refractivity contribution in [1.82, 2.24) is 20.3 Å². The van der Waals surface area contributed by atoms with Gasteiger partial charge in [-0.2, -0.15) is 0 Å². The summed E-state index contributed by atoms with van der Waals surface area (Å²) in [5.74, 6) is -0.210. The zero-order valence-corrected chi connectivity index (χ0v) is 14.8. The molecule has 0 aliphatic rings. The van der Waals surface area contributed by atoms with Gasteiger partial charge in [0.25, 0.3) is 5.91 Å². The Morgan fingerprint density at radius 3 is 2.44 bits per heavy atom. The van der Waals surface area contributed by atoms with Crippen LogP contribution in [0, 0.1) is 20.8 Å². The number of nitrogens with one attached hydrogen (secondary N) is 1. The average Bonchev–Trinajstić information content (AvgIpc) is 3.03. The van der Waals surface area contributed by atoms with Gasteiger partial charge in [0.15, 0.2) is 5.69 Å². The second kappa shape index (κ2) is 7.30. The molecule has 5 nitrogen and oxygen atoms in total. The van der Waals surface area contributed by atoms with Crippen LogP contribution in [0.4, 0.5) is 0 Å². The maximum Gasteiger partial charge on any atom is 0.273 e.